The molecular formula is C10H11N3. The average molecular weight is 173 g/mol. The summed E-state index contributed by atoms with van der Waals surface area (Å²) in [6.07, 6.45) is 4.63. The van der Waals surface area contributed by atoms with E-state index in [-0.39, 0.29) is 0 Å². The third-order valence-corrected chi connectivity index (χ3v) is 1.25. The minimum Gasteiger partial charge on any atom is -0.382 e. The van der Waals surface area contributed by atoms with E-state index in [1.807, 2.05) is 36.4 Å². The Bertz CT molecular complexity index is 281. The van der Waals surface area contributed by atoms with Crippen molar-refractivity contribution in [2.75, 3.05) is 5.73 Å². The molecule has 0 aliphatic heterocycles. The molecule has 0 aliphatic carbocycles. The standard InChI is InChI=1S/C6H6.C4H5N3/c1-2-4-6-5-3-1;5-4-3-6-1-2-7-4/h1-6H;1-3H,(H2,5,7). The molecular weight excluding hydrogens is 162 g/mol. The first-order valence-electron chi connectivity index (χ1n) is 3.91. The van der Waals surface area contributed by atoms with Gasteiger partial charge in [-0.15, -0.1) is 0 Å². The van der Waals surface area contributed by atoms with Gasteiger partial charge in [0.05, 0.1) is 6.20 Å². The SMILES string of the molecule is Nc1cnccn1.c1ccccc1. The molecule has 0 aliphatic rings. The third kappa shape index (κ3) is 4.53. The smallest absolute Gasteiger partial charge is 0.141 e. The van der Waals surface area contributed by atoms with E-state index in [2.05, 4.69) is 9.97 Å². The normalized spacial score (nSPS) is 8.31. The minimum absolute atomic E-state index is 0.461. The van der Waals surface area contributed by atoms with E-state index in [0.717, 1.165) is 0 Å². The van der Waals surface area contributed by atoms with Crippen LogP contribution in [0.4, 0.5) is 5.82 Å². The highest BCUT2D eigenvalue weighted by atomic mass is 14.9. The van der Waals surface area contributed by atoms with Crippen molar-refractivity contribution in [2.45, 2.75) is 0 Å². The Morgan fingerprint density at radius 1 is 0.846 bits per heavy atom. The Kier molecular flexibility index (Phi) is 4.04. The molecule has 66 valence electrons. The van der Waals surface area contributed by atoms with Gasteiger partial charge in [0.15, 0.2) is 0 Å². The van der Waals surface area contributed by atoms with E-state index < -0.39 is 0 Å². The molecule has 2 aromatic rings. The van der Waals surface area contributed by atoms with Crippen LogP contribution < -0.4 is 5.73 Å². The molecule has 0 spiro atoms. The van der Waals surface area contributed by atoms with Gasteiger partial charge in [0.25, 0.3) is 0 Å². The van der Waals surface area contributed by atoms with Gasteiger partial charge in [-0.25, -0.2) is 4.98 Å². The summed E-state index contributed by atoms with van der Waals surface area (Å²) in [5.41, 5.74) is 5.18. The molecule has 0 fully saturated rings. The van der Waals surface area contributed by atoms with Crippen molar-refractivity contribution in [1.82, 2.24) is 9.97 Å². The summed E-state index contributed by atoms with van der Waals surface area (Å²) in [6, 6.07) is 12.0. The maximum absolute atomic E-state index is 5.18. The maximum atomic E-state index is 5.18. The van der Waals surface area contributed by atoms with Crippen LogP contribution in [0.5, 0.6) is 0 Å². The zero-order chi connectivity index (χ0) is 9.36. The van der Waals surface area contributed by atoms with Crippen molar-refractivity contribution in [3.8, 4) is 0 Å². The second kappa shape index (κ2) is 5.71. The highest BCUT2D eigenvalue weighted by molar-refractivity contribution is 5.20. The molecule has 1 heterocycles. The van der Waals surface area contributed by atoms with Gasteiger partial charge < -0.3 is 5.73 Å². The Balaban J connectivity index is 0.000000132. The van der Waals surface area contributed by atoms with E-state index in [4.69, 9.17) is 5.73 Å². The zero-order valence-electron chi connectivity index (χ0n) is 7.17. The highest BCUT2D eigenvalue weighted by Crippen LogP contribution is 1.84. The second-order valence-electron chi connectivity index (χ2n) is 2.28. The largest absolute Gasteiger partial charge is 0.382 e. The Morgan fingerprint density at radius 3 is 1.62 bits per heavy atom. The molecule has 0 amide bonds. The van der Waals surface area contributed by atoms with Crippen molar-refractivity contribution in [2.24, 2.45) is 0 Å². The fourth-order valence-corrected chi connectivity index (χ4v) is 0.696. The molecule has 0 saturated heterocycles. The van der Waals surface area contributed by atoms with Crippen LogP contribution in [-0.4, -0.2) is 9.97 Å². The number of hydrogen-bond donors (Lipinski definition) is 1. The third-order valence-electron chi connectivity index (χ3n) is 1.25. The second-order valence-corrected chi connectivity index (χ2v) is 2.28. The van der Waals surface area contributed by atoms with Gasteiger partial charge in [0.2, 0.25) is 0 Å². The van der Waals surface area contributed by atoms with Crippen LogP contribution in [0.2, 0.25) is 0 Å². The Hall–Kier alpha value is -1.90. The molecule has 0 saturated carbocycles. The quantitative estimate of drug-likeness (QED) is 0.660. The van der Waals surface area contributed by atoms with Gasteiger partial charge in [-0.3, -0.25) is 4.98 Å². The fourth-order valence-electron chi connectivity index (χ4n) is 0.696. The lowest BCUT2D eigenvalue weighted by Gasteiger charge is -1.82. The predicted molar refractivity (Wildman–Crippen MR) is 52.9 cm³/mol. The molecule has 2 rings (SSSR count). The van der Waals surface area contributed by atoms with Gasteiger partial charge in [-0.05, 0) is 0 Å². The van der Waals surface area contributed by atoms with Gasteiger partial charge in [-0.1, -0.05) is 36.4 Å². The van der Waals surface area contributed by atoms with Crippen molar-refractivity contribution >= 4 is 5.82 Å². The lowest BCUT2D eigenvalue weighted by Crippen LogP contribution is -1.87. The molecule has 0 bridgehead atoms. The molecule has 1 aromatic heterocycles. The summed E-state index contributed by atoms with van der Waals surface area (Å²) in [4.78, 5) is 7.39. The van der Waals surface area contributed by atoms with E-state index in [1.165, 1.54) is 6.20 Å². The van der Waals surface area contributed by atoms with Gasteiger partial charge in [0, 0.05) is 12.4 Å². The summed E-state index contributed by atoms with van der Waals surface area (Å²) in [7, 11) is 0. The number of nitrogen functional groups attached to an aromatic ring is 1. The van der Waals surface area contributed by atoms with E-state index in [9.17, 15) is 0 Å². The molecule has 1 aromatic carbocycles. The highest BCUT2D eigenvalue weighted by Gasteiger charge is 1.74. The Morgan fingerprint density at radius 2 is 1.38 bits per heavy atom. The van der Waals surface area contributed by atoms with Gasteiger partial charge in [0.1, 0.15) is 5.82 Å². The van der Waals surface area contributed by atoms with Crippen LogP contribution in [0.1, 0.15) is 0 Å². The molecule has 0 atom stereocenters. The fraction of sp³-hybridized carbons (Fsp3) is 0. The Labute approximate surface area is 77.3 Å². The average Bonchev–Trinajstić information content (AvgIpc) is 2.22. The molecule has 0 unspecified atom stereocenters. The molecule has 3 nitrogen and oxygen atoms in total. The van der Waals surface area contributed by atoms with Crippen LogP contribution in [0.25, 0.3) is 0 Å². The summed E-state index contributed by atoms with van der Waals surface area (Å²) >= 11 is 0. The summed E-state index contributed by atoms with van der Waals surface area (Å²) in [5, 5.41) is 0. The number of rotatable bonds is 0. The van der Waals surface area contributed by atoms with Gasteiger partial charge >= 0.3 is 0 Å². The van der Waals surface area contributed by atoms with Crippen LogP contribution in [0, 0.1) is 0 Å². The van der Waals surface area contributed by atoms with Crippen molar-refractivity contribution in [1.29, 1.82) is 0 Å². The van der Waals surface area contributed by atoms with E-state index in [0.29, 0.717) is 5.82 Å². The van der Waals surface area contributed by atoms with Crippen LogP contribution >= 0.6 is 0 Å². The minimum atomic E-state index is 0.461. The topological polar surface area (TPSA) is 51.8 Å². The van der Waals surface area contributed by atoms with Crippen molar-refractivity contribution in [3.63, 3.8) is 0 Å². The number of aromatic nitrogens is 2. The number of nitrogens with zero attached hydrogens (tertiary/aromatic N) is 2. The van der Waals surface area contributed by atoms with Crippen LogP contribution in [-0.2, 0) is 0 Å². The number of benzene rings is 1. The molecule has 13 heavy (non-hydrogen) atoms. The summed E-state index contributed by atoms with van der Waals surface area (Å²) in [5.74, 6) is 0.461. The number of anilines is 1. The first-order valence-corrected chi connectivity index (χ1v) is 3.91. The predicted octanol–water partition coefficient (Wildman–Crippen LogP) is 1.75. The number of hydrogen-bond acceptors (Lipinski definition) is 3. The zero-order valence-corrected chi connectivity index (χ0v) is 7.17. The maximum Gasteiger partial charge on any atom is 0.141 e. The molecule has 3 heteroatoms. The lowest BCUT2D eigenvalue weighted by molar-refractivity contribution is 1.21. The molecule has 2 N–H and O–H groups in total. The van der Waals surface area contributed by atoms with Gasteiger partial charge in [-0.2, -0.15) is 0 Å². The van der Waals surface area contributed by atoms with Crippen molar-refractivity contribution < 1.29 is 0 Å². The lowest BCUT2D eigenvalue weighted by atomic mass is 10.4. The van der Waals surface area contributed by atoms with E-state index in [1.54, 1.807) is 12.4 Å². The van der Waals surface area contributed by atoms with Crippen molar-refractivity contribution in [3.05, 3.63) is 55.0 Å². The summed E-state index contributed by atoms with van der Waals surface area (Å²) < 4.78 is 0. The van der Waals surface area contributed by atoms with Crippen LogP contribution in [0.3, 0.4) is 0 Å². The summed E-state index contributed by atoms with van der Waals surface area (Å²) in [6.45, 7) is 0. The first-order chi connectivity index (χ1) is 6.39. The monoisotopic (exact) mass is 173 g/mol. The molecule has 0 radical (unpaired) electrons. The number of nitrogens with two attached hydrogens (primary N) is 1. The first kappa shape index (κ1) is 9.19. The van der Waals surface area contributed by atoms with E-state index >= 15 is 0 Å². The van der Waals surface area contributed by atoms with Crippen LogP contribution in [0.15, 0.2) is 55.0 Å².